The fraction of sp³-hybridized carbons (Fsp3) is 0.375. The lowest BCUT2D eigenvalue weighted by atomic mass is 10.1. The van der Waals surface area contributed by atoms with Crippen LogP contribution in [0.1, 0.15) is 12.5 Å². The highest BCUT2D eigenvalue weighted by atomic mass is 35.5. The van der Waals surface area contributed by atoms with E-state index >= 15 is 0 Å². The second-order valence-corrected chi connectivity index (χ2v) is 5.20. The maximum Gasteiger partial charge on any atom is 0.355 e. The van der Waals surface area contributed by atoms with E-state index in [1.807, 2.05) is 0 Å². The Labute approximate surface area is 142 Å². The summed E-state index contributed by atoms with van der Waals surface area (Å²) in [5, 5.41) is 9.14. The predicted octanol–water partition coefficient (Wildman–Crippen LogP) is 1.90. The average Bonchev–Trinajstić information content (AvgIpc) is 2.53. The summed E-state index contributed by atoms with van der Waals surface area (Å²) in [7, 11) is 0. The first-order valence-corrected chi connectivity index (χ1v) is 7.60. The van der Waals surface area contributed by atoms with Gasteiger partial charge in [-0.2, -0.15) is 0 Å². The monoisotopic (exact) mass is 356 g/mol. The first kappa shape index (κ1) is 18.4. The van der Waals surface area contributed by atoms with Crippen LogP contribution in [0.15, 0.2) is 27.4 Å². The van der Waals surface area contributed by atoms with Crippen LogP contribution in [0.5, 0.6) is 5.75 Å². The van der Waals surface area contributed by atoms with Gasteiger partial charge in [-0.25, -0.2) is 4.79 Å². The Kier molecular flexibility index (Phi) is 6.74. The summed E-state index contributed by atoms with van der Waals surface area (Å²) in [5.74, 6) is -0.207. The molecule has 0 aliphatic carbocycles. The zero-order chi connectivity index (χ0) is 17.5. The quantitative estimate of drug-likeness (QED) is 0.334. The van der Waals surface area contributed by atoms with E-state index in [-0.39, 0.29) is 42.8 Å². The largest absolute Gasteiger partial charge is 0.427 e. The maximum atomic E-state index is 11.8. The molecule has 130 valence electrons. The Balaban J connectivity index is 2.19. The topological polar surface area (TPSA) is 95.2 Å². The molecule has 0 aliphatic heterocycles. The van der Waals surface area contributed by atoms with E-state index in [1.165, 1.54) is 13.0 Å². The number of carbonyl (C=O) groups is 1. The van der Waals surface area contributed by atoms with Crippen LogP contribution < -0.4 is 10.4 Å². The molecule has 2 aromatic rings. The number of aliphatic hydroxyl groups excluding tert-OH is 1. The third-order valence-electron chi connectivity index (χ3n) is 3.04. The fourth-order valence-corrected chi connectivity index (χ4v) is 2.25. The lowest BCUT2D eigenvalue weighted by Gasteiger charge is -2.10. The van der Waals surface area contributed by atoms with Gasteiger partial charge in [0.1, 0.15) is 16.4 Å². The average molecular weight is 357 g/mol. The third-order valence-corrected chi connectivity index (χ3v) is 3.42. The van der Waals surface area contributed by atoms with Crippen LogP contribution in [0.2, 0.25) is 5.02 Å². The number of aliphatic hydroxyl groups is 1. The molecule has 7 nitrogen and oxygen atoms in total. The molecular weight excluding hydrogens is 340 g/mol. The van der Waals surface area contributed by atoms with Crippen molar-refractivity contribution in [3.63, 3.8) is 0 Å². The standard InChI is InChI=1S/C16H17ClO7/c1-10(19)23-11-2-3-12-13(9-22-7-6-21-5-4-18)15(17)16(20)24-14(12)8-11/h2-3,8,18H,4-7,9H2,1H3. The first-order valence-electron chi connectivity index (χ1n) is 7.23. The number of halogens is 1. The molecule has 1 heterocycles. The van der Waals surface area contributed by atoms with Crippen molar-refractivity contribution in [2.75, 3.05) is 26.4 Å². The first-order chi connectivity index (χ1) is 11.5. The molecule has 0 unspecified atom stereocenters. The molecule has 0 atom stereocenters. The van der Waals surface area contributed by atoms with E-state index in [1.54, 1.807) is 12.1 Å². The van der Waals surface area contributed by atoms with Gasteiger partial charge in [0.2, 0.25) is 0 Å². The molecule has 24 heavy (non-hydrogen) atoms. The van der Waals surface area contributed by atoms with Crippen molar-refractivity contribution in [1.82, 2.24) is 0 Å². The van der Waals surface area contributed by atoms with Crippen molar-refractivity contribution in [2.24, 2.45) is 0 Å². The van der Waals surface area contributed by atoms with Gasteiger partial charge in [0, 0.05) is 23.9 Å². The molecule has 1 N–H and O–H groups in total. The van der Waals surface area contributed by atoms with Crippen LogP contribution in [0.4, 0.5) is 0 Å². The maximum absolute atomic E-state index is 11.8. The van der Waals surface area contributed by atoms with Crippen LogP contribution in [-0.2, 0) is 20.9 Å². The number of fused-ring (bicyclic) bond motifs is 1. The number of benzene rings is 1. The molecular formula is C16H17ClO7. The molecule has 8 heteroatoms. The number of ether oxygens (including phenoxy) is 3. The summed E-state index contributed by atoms with van der Waals surface area (Å²) in [6.07, 6.45) is 0. The van der Waals surface area contributed by atoms with E-state index in [0.717, 1.165) is 0 Å². The second-order valence-electron chi connectivity index (χ2n) is 4.82. The number of rotatable bonds is 8. The van der Waals surface area contributed by atoms with Crippen molar-refractivity contribution >= 4 is 28.5 Å². The van der Waals surface area contributed by atoms with E-state index in [0.29, 0.717) is 17.6 Å². The summed E-state index contributed by atoms with van der Waals surface area (Å²) in [4.78, 5) is 22.9. The molecule has 0 aliphatic rings. The minimum atomic E-state index is -0.695. The number of hydrogen-bond donors (Lipinski definition) is 1. The number of esters is 1. The molecule has 0 fully saturated rings. The van der Waals surface area contributed by atoms with Crippen LogP contribution in [0.25, 0.3) is 11.0 Å². The van der Waals surface area contributed by atoms with Gasteiger partial charge < -0.3 is 23.7 Å². The van der Waals surface area contributed by atoms with Crippen LogP contribution in [0, 0.1) is 0 Å². The summed E-state index contributed by atoms with van der Waals surface area (Å²) in [6, 6.07) is 4.67. The van der Waals surface area contributed by atoms with E-state index in [4.69, 9.17) is 35.3 Å². The third kappa shape index (κ3) is 4.78. The zero-order valence-electron chi connectivity index (χ0n) is 13.0. The predicted molar refractivity (Wildman–Crippen MR) is 86.4 cm³/mol. The van der Waals surface area contributed by atoms with Crippen molar-refractivity contribution in [2.45, 2.75) is 13.5 Å². The second kappa shape index (κ2) is 8.79. The summed E-state index contributed by atoms with van der Waals surface area (Å²) in [6.45, 7) is 2.15. The molecule has 0 saturated heterocycles. The Morgan fingerprint density at radius 2 is 2.00 bits per heavy atom. The van der Waals surface area contributed by atoms with Crippen molar-refractivity contribution in [3.05, 3.63) is 39.2 Å². The van der Waals surface area contributed by atoms with Gasteiger partial charge in [-0.05, 0) is 12.1 Å². The van der Waals surface area contributed by atoms with Crippen LogP contribution in [-0.4, -0.2) is 37.5 Å². The highest BCUT2D eigenvalue weighted by Gasteiger charge is 2.14. The van der Waals surface area contributed by atoms with Gasteiger partial charge in [0.25, 0.3) is 0 Å². The summed E-state index contributed by atoms with van der Waals surface area (Å²) < 4.78 is 20.6. The Hall–Kier alpha value is -1.93. The summed E-state index contributed by atoms with van der Waals surface area (Å²) >= 11 is 6.02. The highest BCUT2D eigenvalue weighted by Crippen LogP contribution is 2.27. The number of hydrogen-bond acceptors (Lipinski definition) is 7. The van der Waals surface area contributed by atoms with Gasteiger partial charge in [0.15, 0.2) is 0 Å². The molecule has 0 amide bonds. The molecule has 0 saturated carbocycles. The molecule has 0 radical (unpaired) electrons. The Morgan fingerprint density at radius 1 is 1.25 bits per heavy atom. The van der Waals surface area contributed by atoms with Gasteiger partial charge in [0.05, 0.1) is 33.0 Å². The van der Waals surface area contributed by atoms with Crippen LogP contribution in [0.3, 0.4) is 0 Å². The fourth-order valence-electron chi connectivity index (χ4n) is 2.05. The number of carbonyl (C=O) groups excluding carboxylic acids is 1. The molecule has 2 rings (SSSR count). The minimum Gasteiger partial charge on any atom is -0.427 e. The van der Waals surface area contributed by atoms with Crippen molar-refractivity contribution in [1.29, 1.82) is 0 Å². The molecule has 1 aromatic heterocycles. The molecule has 0 spiro atoms. The van der Waals surface area contributed by atoms with Gasteiger partial charge in [-0.3, -0.25) is 4.79 Å². The van der Waals surface area contributed by atoms with Crippen LogP contribution >= 0.6 is 11.6 Å². The molecule has 1 aromatic carbocycles. The smallest absolute Gasteiger partial charge is 0.355 e. The van der Waals surface area contributed by atoms with E-state index < -0.39 is 11.6 Å². The minimum absolute atomic E-state index is 0.0547. The van der Waals surface area contributed by atoms with Gasteiger partial charge >= 0.3 is 11.6 Å². The lowest BCUT2D eigenvalue weighted by molar-refractivity contribution is -0.131. The van der Waals surface area contributed by atoms with Gasteiger partial charge in [-0.15, -0.1) is 0 Å². The van der Waals surface area contributed by atoms with E-state index in [9.17, 15) is 9.59 Å². The Morgan fingerprint density at radius 3 is 2.71 bits per heavy atom. The highest BCUT2D eigenvalue weighted by molar-refractivity contribution is 6.31. The van der Waals surface area contributed by atoms with Crippen molar-refractivity contribution in [3.8, 4) is 5.75 Å². The summed E-state index contributed by atoms with van der Waals surface area (Å²) in [5.41, 5.74) is 0.0389. The zero-order valence-corrected chi connectivity index (χ0v) is 13.8. The van der Waals surface area contributed by atoms with E-state index in [2.05, 4.69) is 0 Å². The normalized spacial score (nSPS) is 11.0. The van der Waals surface area contributed by atoms with Gasteiger partial charge in [-0.1, -0.05) is 11.6 Å². The SMILES string of the molecule is CC(=O)Oc1ccc2c(COCCOCCO)c(Cl)c(=O)oc2c1. The Bertz CT molecular complexity index is 769. The molecule has 0 bridgehead atoms. The van der Waals surface area contributed by atoms with Crippen molar-refractivity contribution < 1.29 is 28.5 Å². The lowest BCUT2D eigenvalue weighted by Crippen LogP contribution is -2.10.